The lowest BCUT2D eigenvalue weighted by molar-refractivity contribution is 0.214. The highest BCUT2D eigenvalue weighted by molar-refractivity contribution is 7.10. The van der Waals surface area contributed by atoms with Gasteiger partial charge in [-0.15, -0.1) is 0 Å². The van der Waals surface area contributed by atoms with Crippen molar-refractivity contribution in [1.29, 1.82) is 0 Å². The first-order valence-corrected chi connectivity index (χ1v) is 12.5. The molecule has 0 bridgehead atoms. The summed E-state index contributed by atoms with van der Waals surface area (Å²) in [5, 5.41) is 9.93. The normalized spacial score (nSPS) is 10.9. The van der Waals surface area contributed by atoms with Gasteiger partial charge in [0.2, 0.25) is 17.1 Å². The van der Waals surface area contributed by atoms with Gasteiger partial charge >= 0.3 is 4.87 Å². The topological polar surface area (TPSA) is 111 Å². The molecule has 8 nitrogen and oxygen atoms in total. The van der Waals surface area contributed by atoms with Gasteiger partial charge in [-0.1, -0.05) is 30.0 Å². The molecule has 2 heterocycles. The first-order valence-electron chi connectivity index (χ1n) is 11.7. The van der Waals surface area contributed by atoms with Gasteiger partial charge in [0.25, 0.3) is 0 Å². The second-order valence-electron chi connectivity index (χ2n) is 8.35. The van der Waals surface area contributed by atoms with Crippen LogP contribution in [0.4, 0.5) is 4.39 Å². The Hall–Kier alpha value is -4.83. The van der Waals surface area contributed by atoms with Crippen LogP contribution >= 0.6 is 11.3 Å². The molecule has 198 valence electrons. The average Bonchev–Trinajstić information content (AvgIpc) is 3.29. The summed E-state index contributed by atoms with van der Waals surface area (Å²) in [5.74, 6) is 0.536. The standard InChI is InChI=1S/C29H22FNO7S/c1-16(27-28(33)31-29(34)39-27)17-3-10-21(11-4-17)36-13-14-37-26-24(32)22-15-19(30)7-12-23(22)38-25(26)18-5-8-20(35-2)9-6-18/h3-12,15,33H,1,13-14H2,2H3,(H,31,34). The van der Waals surface area contributed by atoms with E-state index in [2.05, 4.69) is 11.6 Å². The van der Waals surface area contributed by atoms with Gasteiger partial charge in [0.15, 0.2) is 5.76 Å². The van der Waals surface area contributed by atoms with E-state index in [1.54, 1.807) is 55.6 Å². The number of nitrogens with one attached hydrogen (secondary N) is 1. The van der Waals surface area contributed by atoms with Crippen LogP contribution in [0.2, 0.25) is 0 Å². The van der Waals surface area contributed by atoms with Crippen LogP contribution < -0.4 is 24.5 Å². The number of H-pyrrole nitrogens is 1. The number of aromatic hydroxyl groups is 1. The van der Waals surface area contributed by atoms with Gasteiger partial charge < -0.3 is 23.7 Å². The first kappa shape index (κ1) is 25.8. The van der Waals surface area contributed by atoms with Crippen molar-refractivity contribution in [2.45, 2.75) is 0 Å². The maximum Gasteiger partial charge on any atom is 0.307 e. The number of aromatic amines is 1. The Morgan fingerprint density at radius 1 is 1.00 bits per heavy atom. The molecular formula is C29H22FNO7S. The molecule has 0 atom stereocenters. The van der Waals surface area contributed by atoms with E-state index in [1.165, 1.54) is 12.1 Å². The Labute approximate surface area is 225 Å². The van der Waals surface area contributed by atoms with Crippen molar-refractivity contribution >= 4 is 27.9 Å². The van der Waals surface area contributed by atoms with Crippen LogP contribution in [0, 0.1) is 5.82 Å². The summed E-state index contributed by atoms with van der Waals surface area (Å²) in [4.78, 5) is 27.0. The van der Waals surface area contributed by atoms with Crippen LogP contribution in [0.5, 0.6) is 23.1 Å². The zero-order valence-electron chi connectivity index (χ0n) is 20.7. The molecule has 0 fully saturated rings. The number of thiazole rings is 1. The van der Waals surface area contributed by atoms with Crippen LogP contribution in [0.3, 0.4) is 0 Å². The molecule has 5 aromatic rings. The quantitative estimate of drug-likeness (QED) is 0.232. The van der Waals surface area contributed by atoms with Gasteiger partial charge in [-0.2, -0.15) is 0 Å². The largest absolute Gasteiger partial charge is 0.497 e. The number of rotatable bonds is 9. The van der Waals surface area contributed by atoms with E-state index in [9.17, 15) is 19.1 Å². The first-order chi connectivity index (χ1) is 18.8. The van der Waals surface area contributed by atoms with Crippen molar-refractivity contribution in [1.82, 2.24) is 4.98 Å². The highest BCUT2D eigenvalue weighted by Crippen LogP contribution is 2.33. The van der Waals surface area contributed by atoms with Gasteiger partial charge in [-0.3, -0.25) is 14.6 Å². The number of methoxy groups -OCH3 is 1. The van der Waals surface area contributed by atoms with E-state index in [1.807, 2.05) is 0 Å². The van der Waals surface area contributed by atoms with E-state index >= 15 is 0 Å². The molecule has 0 saturated carbocycles. The molecule has 39 heavy (non-hydrogen) atoms. The molecule has 10 heteroatoms. The molecule has 0 aliphatic carbocycles. The third kappa shape index (κ3) is 5.41. The number of ether oxygens (including phenoxy) is 3. The highest BCUT2D eigenvalue weighted by atomic mass is 32.1. The number of halogens is 1. The molecule has 2 N–H and O–H groups in total. The molecule has 0 unspecified atom stereocenters. The lowest BCUT2D eigenvalue weighted by Gasteiger charge is -2.13. The van der Waals surface area contributed by atoms with E-state index in [0.29, 0.717) is 33.1 Å². The lowest BCUT2D eigenvalue weighted by atomic mass is 10.1. The van der Waals surface area contributed by atoms with Crippen molar-refractivity contribution in [3.63, 3.8) is 0 Å². The van der Waals surface area contributed by atoms with E-state index in [-0.39, 0.29) is 46.4 Å². The van der Waals surface area contributed by atoms with Crippen molar-refractivity contribution in [2.24, 2.45) is 0 Å². The smallest absolute Gasteiger partial charge is 0.307 e. The summed E-state index contributed by atoms with van der Waals surface area (Å²) in [7, 11) is 1.55. The van der Waals surface area contributed by atoms with Crippen molar-refractivity contribution < 1.29 is 28.1 Å². The molecule has 0 aliphatic heterocycles. The predicted octanol–water partition coefficient (Wildman–Crippen LogP) is 5.58. The number of fused-ring (bicyclic) bond motifs is 1. The minimum absolute atomic E-state index is 0.00831. The Kier molecular flexibility index (Phi) is 7.20. The Morgan fingerprint density at radius 3 is 2.36 bits per heavy atom. The lowest BCUT2D eigenvalue weighted by Crippen LogP contribution is -2.15. The van der Waals surface area contributed by atoms with Crippen LogP contribution in [0.1, 0.15) is 10.4 Å². The Bertz CT molecular complexity index is 1770. The van der Waals surface area contributed by atoms with E-state index in [4.69, 9.17) is 18.6 Å². The van der Waals surface area contributed by atoms with Crippen LogP contribution in [0.25, 0.3) is 27.9 Å². The maximum absolute atomic E-state index is 13.9. The van der Waals surface area contributed by atoms with Gasteiger partial charge in [0.05, 0.1) is 17.4 Å². The number of benzene rings is 3. The fourth-order valence-corrected chi connectivity index (χ4v) is 4.65. The second kappa shape index (κ2) is 10.9. The average molecular weight is 548 g/mol. The number of hydrogen-bond donors (Lipinski definition) is 2. The van der Waals surface area contributed by atoms with Gasteiger partial charge in [0.1, 0.15) is 36.1 Å². The van der Waals surface area contributed by atoms with Crippen molar-refractivity contribution in [2.75, 3.05) is 20.3 Å². The zero-order chi connectivity index (χ0) is 27.5. The molecule has 0 spiro atoms. The summed E-state index contributed by atoms with van der Waals surface area (Å²) >= 11 is 0.871. The van der Waals surface area contributed by atoms with Crippen molar-refractivity contribution in [3.8, 4) is 34.5 Å². The Morgan fingerprint density at radius 2 is 1.69 bits per heavy atom. The Balaban J connectivity index is 1.32. The minimum atomic E-state index is -0.562. The summed E-state index contributed by atoms with van der Waals surface area (Å²) < 4.78 is 36.6. The maximum atomic E-state index is 13.9. The van der Waals surface area contributed by atoms with Crippen LogP contribution in [-0.4, -0.2) is 30.4 Å². The van der Waals surface area contributed by atoms with Crippen LogP contribution in [0.15, 0.2) is 87.3 Å². The fraction of sp³-hybridized carbons (Fsp3) is 0.103. The summed E-state index contributed by atoms with van der Waals surface area (Å²) in [6.45, 7) is 4.06. The molecular weight excluding hydrogens is 525 g/mol. The monoisotopic (exact) mass is 547 g/mol. The predicted molar refractivity (Wildman–Crippen MR) is 147 cm³/mol. The van der Waals surface area contributed by atoms with Gasteiger partial charge in [-0.25, -0.2) is 4.39 Å². The molecule has 2 aromatic heterocycles. The fourth-order valence-electron chi connectivity index (χ4n) is 3.93. The molecule has 0 saturated heterocycles. The second-order valence-corrected chi connectivity index (χ2v) is 9.33. The molecule has 0 amide bonds. The summed E-state index contributed by atoms with van der Waals surface area (Å²) in [5.41, 5.74) is 1.52. The summed E-state index contributed by atoms with van der Waals surface area (Å²) in [6, 6.07) is 17.6. The van der Waals surface area contributed by atoms with Gasteiger partial charge in [0, 0.05) is 5.56 Å². The van der Waals surface area contributed by atoms with E-state index < -0.39 is 11.2 Å². The SMILES string of the molecule is C=C(c1ccc(OCCOc2c(-c3ccc(OC)cc3)oc3ccc(F)cc3c2=O)cc1)c1sc(=O)[nH]c1O. The van der Waals surface area contributed by atoms with Crippen molar-refractivity contribution in [3.05, 3.63) is 109 Å². The van der Waals surface area contributed by atoms with Gasteiger partial charge in [-0.05, 0) is 65.7 Å². The highest BCUT2D eigenvalue weighted by Gasteiger charge is 2.19. The molecule has 0 aliphatic rings. The third-order valence-corrected chi connectivity index (χ3v) is 6.80. The van der Waals surface area contributed by atoms with E-state index in [0.717, 1.165) is 17.4 Å². The minimum Gasteiger partial charge on any atom is -0.497 e. The van der Waals surface area contributed by atoms with Crippen LogP contribution in [-0.2, 0) is 0 Å². The molecule has 5 rings (SSSR count). The zero-order valence-corrected chi connectivity index (χ0v) is 21.5. The number of aromatic nitrogens is 1. The summed E-state index contributed by atoms with van der Waals surface area (Å²) in [6.07, 6.45) is 0. The molecule has 3 aromatic carbocycles. The molecule has 0 radical (unpaired) electrons. The third-order valence-electron chi connectivity index (χ3n) is 5.87. The number of hydrogen-bond acceptors (Lipinski definition) is 8.